The predicted octanol–water partition coefficient (Wildman–Crippen LogP) is -0.414. The van der Waals surface area contributed by atoms with Gasteiger partial charge in [0.05, 0.1) is 14.2 Å². The number of hydrogen-bond acceptors (Lipinski definition) is 6. The van der Waals surface area contributed by atoms with Gasteiger partial charge < -0.3 is 0 Å². The summed E-state index contributed by atoms with van der Waals surface area (Å²) in [5.74, 6) is -1.68. The fraction of sp³-hybridized carbons (Fsp3) is 0.600. The van der Waals surface area contributed by atoms with E-state index in [0.717, 1.165) is 14.2 Å². The van der Waals surface area contributed by atoms with Crippen LogP contribution in [0.15, 0.2) is 0 Å². The van der Waals surface area contributed by atoms with E-state index in [0.29, 0.717) is 0 Å². The second-order valence-corrected chi connectivity index (χ2v) is 1.42. The van der Waals surface area contributed by atoms with Crippen molar-refractivity contribution in [3.8, 4) is 0 Å². The Balaban J connectivity index is 3.49. The molecule has 0 rings (SSSR count). The Hall–Kier alpha value is -1.14. The molecule has 0 atom stereocenters. The van der Waals surface area contributed by atoms with Crippen LogP contribution in [-0.4, -0.2) is 26.2 Å². The largest absolute Gasteiger partial charge is 0.353 e. The monoisotopic (exact) mass is 164 g/mol. The lowest BCUT2D eigenvalue weighted by Gasteiger charge is -1.97. The molecule has 0 aliphatic heterocycles. The average molecular weight is 164 g/mol. The summed E-state index contributed by atoms with van der Waals surface area (Å²) in [5.41, 5.74) is 0. The Kier molecular flexibility index (Phi) is 5.05. The van der Waals surface area contributed by atoms with Crippen molar-refractivity contribution in [1.82, 2.24) is 0 Å². The fourth-order valence-electron chi connectivity index (χ4n) is 0.363. The van der Waals surface area contributed by atoms with Crippen molar-refractivity contribution in [2.75, 3.05) is 14.2 Å². The van der Waals surface area contributed by atoms with E-state index in [1.807, 2.05) is 0 Å². The van der Waals surface area contributed by atoms with Gasteiger partial charge in [-0.15, -0.1) is 0 Å². The first-order valence-electron chi connectivity index (χ1n) is 2.67. The highest BCUT2D eigenvalue weighted by atomic mass is 17.2. The molecular weight excluding hydrogens is 156 g/mol. The summed E-state index contributed by atoms with van der Waals surface area (Å²) in [6.07, 6.45) is -0.540. The van der Waals surface area contributed by atoms with E-state index in [1.54, 1.807) is 0 Å². The standard InChI is InChI=1S/C5H8O6/c1-8-10-4(6)3-5(7)11-9-2/h3H2,1-2H3. The minimum atomic E-state index is -0.838. The molecule has 0 radical (unpaired) electrons. The van der Waals surface area contributed by atoms with Crippen LogP contribution < -0.4 is 0 Å². The van der Waals surface area contributed by atoms with Gasteiger partial charge in [-0.25, -0.2) is 9.59 Å². The molecule has 0 amide bonds. The highest BCUT2D eigenvalue weighted by molar-refractivity contribution is 5.90. The van der Waals surface area contributed by atoms with Gasteiger partial charge in [0.1, 0.15) is 6.42 Å². The lowest BCUT2D eigenvalue weighted by molar-refractivity contribution is -0.266. The van der Waals surface area contributed by atoms with Gasteiger partial charge >= 0.3 is 11.9 Å². The summed E-state index contributed by atoms with van der Waals surface area (Å²) in [6.45, 7) is 0. The topological polar surface area (TPSA) is 71.1 Å². The van der Waals surface area contributed by atoms with E-state index in [4.69, 9.17) is 0 Å². The quantitative estimate of drug-likeness (QED) is 0.319. The van der Waals surface area contributed by atoms with Crippen molar-refractivity contribution in [2.45, 2.75) is 6.42 Å². The molecule has 0 fully saturated rings. The average Bonchev–Trinajstić information content (AvgIpc) is 1.87. The fourth-order valence-corrected chi connectivity index (χ4v) is 0.363. The maximum atomic E-state index is 10.4. The van der Waals surface area contributed by atoms with E-state index in [1.165, 1.54) is 0 Å². The van der Waals surface area contributed by atoms with Crippen LogP contribution in [0.3, 0.4) is 0 Å². The van der Waals surface area contributed by atoms with Gasteiger partial charge in [0.2, 0.25) is 0 Å². The molecule has 0 bridgehead atoms. The smallest absolute Gasteiger partial charge is 0.298 e. The maximum Gasteiger partial charge on any atom is 0.353 e. The molecule has 0 N–H and O–H groups in total. The molecule has 0 aromatic carbocycles. The zero-order valence-electron chi connectivity index (χ0n) is 6.16. The van der Waals surface area contributed by atoms with E-state index in [2.05, 4.69) is 19.6 Å². The van der Waals surface area contributed by atoms with Crippen LogP contribution >= 0.6 is 0 Å². The Morgan fingerprint density at radius 1 is 1.00 bits per heavy atom. The molecule has 0 heterocycles. The van der Waals surface area contributed by atoms with Gasteiger partial charge in [-0.1, -0.05) is 0 Å². The summed E-state index contributed by atoms with van der Waals surface area (Å²) in [6, 6.07) is 0. The van der Waals surface area contributed by atoms with E-state index in [-0.39, 0.29) is 0 Å². The Bertz CT molecular complexity index is 126. The van der Waals surface area contributed by atoms with Crippen molar-refractivity contribution in [2.24, 2.45) is 0 Å². The Labute approximate surface area is 62.8 Å². The van der Waals surface area contributed by atoms with E-state index in [9.17, 15) is 9.59 Å². The second kappa shape index (κ2) is 5.63. The van der Waals surface area contributed by atoms with Crippen molar-refractivity contribution >= 4 is 11.9 Å². The zero-order chi connectivity index (χ0) is 8.69. The first-order valence-corrected chi connectivity index (χ1v) is 2.67. The van der Waals surface area contributed by atoms with Gasteiger partial charge in [-0.05, 0) is 0 Å². The molecule has 0 saturated heterocycles. The first-order chi connectivity index (χ1) is 5.20. The van der Waals surface area contributed by atoms with Crippen LogP contribution in [0.25, 0.3) is 0 Å². The Morgan fingerprint density at radius 3 is 1.64 bits per heavy atom. The molecule has 0 spiro atoms. The van der Waals surface area contributed by atoms with Crippen LogP contribution in [0.1, 0.15) is 6.42 Å². The molecule has 0 aromatic heterocycles. The van der Waals surface area contributed by atoms with Crippen molar-refractivity contribution in [3.05, 3.63) is 0 Å². The molecular formula is C5H8O6. The van der Waals surface area contributed by atoms with Crippen molar-refractivity contribution in [3.63, 3.8) is 0 Å². The van der Waals surface area contributed by atoms with E-state index < -0.39 is 18.4 Å². The summed E-state index contributed by atoms with van der Waals surface area (Å²) >= 11 is 0. The van der Waals surface area contributed by atoms with Crippen molar-refractivity contribution < 1.29 is 29.1 Å². The van der Waals surface area contributed by atoms with Gasteiger partial charge in [-0.2, -0.15) is 9.78 Å². The highest BCUT2D eigenvalue weighted by Gasteiger charge is 2.12. The van der Waals surface area contributed by atoms with Gasteiger partial charge in [-0.3, -0.25) is 9.78 Å². The van der Waals surface area contributed by atoms with Crippen LogP contribution in [-0.2, 0) is 29.1 Å². The molecule has 11 heavy (non-hydrogen) atoms. The zero-order valence-corrected chi connectivity index (χ0v) is 6.16. The Morgan fingerprint density at radius 2 is 1.36 bits per heavy atom. The summed E-state index contributed by atoms with van der Waals surface area (Å²) in [5, 5.41) is 0. The summed E-state index contributed by atoms with van der Waals surface area (Å²) in [4.78, 5) is 36.7. The van der Waals surface area contributed by atoms with Crippen LogP contribution in [0.4, 0.5) is 0 Å². The highest BCUT2D eigenvalue weighted by Crippen LogP contribution is 1.90. The first kappa shape index (κ1) is 9.86. The molecule has 6 heteroatoms. The SMILES string of the molecule is COOC(=O)CC(=O)OOC. The summed E-state index contributed by atoms with van der Waals surface area (Å²) < 4.78 is 0. The molecule has 0 aliphatic rings. The molecule has 0 aromatic rings. The van der Waals surface area contributed by atoms with Crippen LogP contribution in [0, 0.1) is 0 Å². The van der Waals surface area contributed by atoms with Gasteiger partial charge in [0.15, 0.2) is 0 Å². The minimum absolute atomic E-state index is 0.540. The molecule has 0 aliphatic carbocycles. The molecule has 6 nitrogen and oxygen atoms in total. The number of carbonyl (C=O) groups is 2. The normalized spacial score (nSPS) is 8.91. The second-order valence-electron chi connectivity index (χ2n) is 1.42. The minimum Gasteiger partial charge on any atom is -0.298 e. The van der Waals surface area contributed by atoms with Crippen LogP contribution in [0.5, 0.6) is 0 Å². The van der Waals surface area contributed by atoms with Crippen LogP contribution in [0.2, 0.25) is 0 Å². The lowest BCUT2D eigenvalue weighted by Crippen LogP contribution is -2.12. The summed E-state index contributed by atoms with van der Waals surface area (Å²) in [7, 11) is 2.30. The third-order valence-corrected chi connectivity index (χ3v) is 0.641. The van der Waals surface area contributed by atoms with Gasteiger partial charge in [0.25, 0.3) is 0 Å². The number of carbonyl (C=O) groups excluding carboxylic acids is 2. The molecule has 64 valence electrons. The third kappa shape index (κ3) is 5.31. The molecule has 0 saturated carbocycles. The molecule has 0 unspecified atom stereocenters. The number of hydrogen-bond donors (Lipinski definition) is 0. The third-order valence-electron chi connectivity index (χ3n) is 0.641. The van der Waals surface area contributed by atoms with E-state index >= 15 is 0 Å². The van der Waals surface area contributed by atoms with Gasteiger partial charge in [0, 0.05) is 0 Å². The van der Waals surface area contributed by atoms with Crippen molar-refractivity contribution in [1.29, 1.82) is 0 Å². The lowest BCUT2D eigenvalue weighted by atomic mass is 10.5. The predicted molar refractivity (Wildman–Crippen MR) is 30.8 cm³/mol. The maximum absolute atomic E-state index is 10.4. The number of rotatable bonds is 4.